The van der Waals surface area contributed by atoms with Crippen LogP contribution in [-0.2, 0) is 0 Å². The fraction of sp³-hybridized carbons (Fsp3) is 0.667. The normalized spacial score (nSPS) is 12.2. The first-order valence-corrected chi connectivity index (χ1v) is 8.15. The van der Waals surface area contributed by atoms with Gasteiger partial charge in [0, 0.05) is 12.1 Å². The lowest BCUT2D eigenvalue weighted by Gasteiger charge is -2.18. The molecule has 0 saturated carbocycles. The van der Waals surface area contributed by atoms with Crippen molar-refractivity contribution < 1.29 is 9.47 Å². The molecule has 0 aliphatic carbocycles. The zero-order chi connectivity index (χ0) is 15.5. The van der Waals surface area contributed by atoms with E-state index in [9.17, 15) is 0 Å². The third-order valence-electron chi connectivity index (χ3n) is 3.97. The van der Waals surface area contributed by atoms with Gasteiger partial charge in [0.1, 0.15) is 11.5 Å². The molecular formula is C18H31NO2. The van der Waals surface area contributed by atoms with Crippen LogP contribution < -0.4 is 14.8 Å². The van der Waals surface area contributed by atoms with E-state index in [0.717, 1.165) is 17.9 Å². The minimum absolute atomic E-state index is 0.361. The summed E-state index contributed by atoms with van der Waals surface area (Å²) in [5.74, 6) is 1.71. The lowest BCUT2D eigenvalue weighted by Crippen LogP contribution is -2.16. The first-order valence-electron chi connectivity index (χ1n) is 8.15. The Balaban J connectivity index is 2.54. The SMILES string of the molecule is CCCCCCCCC(NC)c1cc(OC)cc(OC)c1. The highest BCUT2D eigenvalue weighted by molar-refractivity contribution is 5.39. The zero-order valence-corrected chi connectivity index (χ0v) is 14.1. The highest BCUT2D eigenvalue weighted by Crippen LogP contribution is 2.28. The standard InChI is InChI=1S/C18H31NO2/c1-5-6-7-8-9-10-11-18(19-2)15-12-16(20-3)14-17(13-15)21-4/h12-14,18-19H,5-11H2,1-4H3. The van der Waals surface area contributed by atoms with Gasteiger partial charge in [-0.3, -0.25) is 0 Å². The molecule has 0 radical (unpaired) electrons. The van der Waals surface area contributed by atoms with Crippen LogP contribution >= 0.6 is 0 Å². The van der Waals surface area contributed by atoms with E-state index in [-0.39, 0.29) is 0 Å². The van der Waals surface area contributed by atoms with Gasteiger partial charge in [-0.05, 0) is 31.2 Å². The predicted molar refractivity (Wildman–Crippen MR) is 89.3 cm³/mol. The van der Waals surface area contributed by atoms with E-state index in [1.165, 1.54) is 44.1 Å². The van der Waals surface area contributed by atoms with Crippen molar-refractivity contribution in [1.82, 2.24) is 5.32 Å². The summed E-state index contributed by atoms with van der Waals surface area (Å²) in [6.45, 7) is 2.26. The molecule has 1 aromatic carbocycles. The summed E-state index contributed by atoms with van der Waals surface area (Å²) in [5.41, 5.74) is 1.24. The summed E-state index contributed by atoms with van der Waals surface area (Å²) in [7, 11) is 5.41. The Kier molecular flexibility index (Phi) is 8.91. The average molecular weight is 293 g/mol. The quantitative estimate of drug-likeness (QED) is 0.599. The molecule has 0 saturated heterocycles. The second-order valence-corrected chi connectivity index (χ2v) is 5.54. The lowest BCUT2D eigenvalue weighted by atomic mass is 9.99. The van der Waals surface area contributed by atoms with Crippen LogP contribution in [0.4, 0.5) is 0 Å². The lowest BCUT2D eigenvalue weighted by molar-refractivity contribution is 0.391. The summed E-state index contributed by atoms with van der Waals surface area (Å²) in [6, 6.07) is 6.47. The third-order valence-corrected chi connectivity index (χ3v) is 3.97. The number of hydrogen-bond donors (Lipinski definition) is 1. The third kappa shape index (κ3) is 6.38. The fourth-order valence-electron chi connectivity index (χ4n) is 2.64. The highest BCUT2D eigenvalue weighted by Gasteiger charge is 2.12. The summed E-state index contributed by atoms with van der Waals surface area (Å²) in [6.07, 6.45) is 9.12. The maximum absolute atomic E-state index is 5.35. The van der Waals surface area contributed by atoms with E-state index in [0.29, 0.717) is 6.04 Å². The molecular weight excluding hydrogens is 262 g/mol. The Labute approximate surface area is 130 Å². The van der Waals surface area contributed by atoms with Crippen molar-refractivity contribution in [3.05, 3.63) is 23.8 Å². The van der Waals surface area contributed by atoms with Crippen LogP contribution in [0.3, 0.4) is 0 Å². The first-order chi connectivity index (χ1) is 10.2. The molecule has 0 amide bonds. The molecule has 21 heavy (non-hydrogen) atoms. The summed E-state index contributed by atoms with van der Waals surface area (Å²) >= 11 is 0. The van der Waals surface area contributed by atoms with Crippen molar-refractivity contribution in [3.63, 3.8) is 0 Å². The maximum atomic E-state index is 5.35. The van der Waals surface area contributed by atoms with Crippen LogP contribution in [0.15, 0.2) is 18.2 Å². The summed E-state index contributed by atoms with van der Waals surface area (Å²) in [5, 5.41) is 3.41. The van der Waals surface area contributed by atoms with Crippen molar-refractivity contribution in [3.8, 4) is 11.5 Å². The molecule has 3 nitrogen and oxygen atoms in total. The molecule has 0 fully saturated rings. The van der Waals surface area contributed by atoms with E-state index in [2.05, 4.69) is 24.4 Å². The summed E-state index contributed by atoms with van der Waals surface area (Å²) in [4.78, 5) is 0. The molecule has 0 aromatic heterocycles. The molecule has 0 aliphatic rings. The van der Waals surface area contributed by atoms with E-state index >= 15 is 0 Å². The van der Waals surface area contributed by atoms with Gasteiger partial charge in [0.25, 0.3) is 0 Å². The predicted octanol–water partition coefficient (Wildman–Crippen LogP) is 4.71. The Hall–Kier alpha value is -1.22. The van der Waals surface area contributed by atoms with Crippen molar-refractivity contribution in [2.45, 2.75) is 57.9 Å². The Morgan fingerprint density at radius 2 is 1.48 bits per heavy atom. The minimum Gasteiger partial charge on any atom is -0.497 e. The molecule has 0 bridgehead atoms. The van der Waals surface area contributed by atoms with Gasteiger partial charge in [-0.2, -0.15) is 0 Å². The number of nitrogens with one attached hydrogen (secondary N) is 1. The molecule has 1 atom stereocenters. The van der Waals surface area contributed by atoms with E-state index < -0.39 is 0 Å². The van der Waals surface area contributed by atoms with Crippen LogP contribution in [0.2, 0.25) is 0 Å². The molecule has 1 unspecified atom stereocenters. The smallest absolute Gasteiger partial charge is 0.122 e. The maximum Gasteiger partial charge on any atom is 0.122 e. The first kappa shape index (κ1) is 17.8. The van der Waals surface area contributed by atoms with Crippen molar-refractivity contribution in [1.29, 1.82) is 0 Å². The number of ether oxygens (including phenoxy) is 2. The van der Waals surface area contributed by atoms with Gasteiger partial charge < -0.3 is 14.8 Å². The van der Waals surface area contributed by atoms with Gasteiger partial charge in [0.15, 0.2) is 0 Å². The number of hydrogen-bond acceptors (Lipinski definition) is 3. The van der Waals surface area contributed by atoms with Crippen molar-refractivity contribution >= 4 is 0 Å². The average Bonchev–Trinajstić information content (AvgIpc) is 2.53. The van der Waals surface area contributed by atoms with Gasteiger partial charge >= 0.3 is 0 Å². The van der Waals surface area contributed by atoms with Gasteiger partial charge in [-0.15, -0.1) is 0 Å². The number of benzene rings is 1. The second-order valence-electron chi connectivity index (χ2n) is 5.54. The monoisotopic (exact) mass is 293 g/mol. The Bertz CT molecular complexity index is 371. The molecule has 0 spiro atoms. The molecule has 0 heterocycles. The van der Waals surface area contributed by atoms with Crippen LogP contribution in [0.25, 0.3) is 0 Å². The van der Waals surface area contributed by atoms with Gasteiger partial charge in [0.2, 0.25) is 0 Å². The Morgan fingerprint density at radius 3 is 2.00 bits per heavy atom. The molecule has 120 valence electrons. The molecule has 0 aliphatic heterocycles. The van der Waals surface area contributed by atoms with E-state index in [4.69, 9.17) is 9.47 Å². The van der Waals surface area contributed by atoms with Gasteiger partial charge in [-0.1, -0.05) is 45.4 Å². The summed E-state index contributed by atoms with van der Waals surface area (Å²) < 4.78 is 10.7. The second kappa shape index (κ2) is 10.5. The fourth-order valence-corrected chi connectivity index (χ4v) is 2.64. The zero-order valence-electron chi connectivity index (χ0n) is 14.1. The largest absolute Gasteiger partial charge is 0.497 e. The van der Waals surface area contributed by atoms with Crippen molar-refractivity contribution in [2.24, 2.45) is 0 Å². The molecule has 1 aromatic rings. The molecule has 1 rings (SSSR count). The highest BCUT2D eigenvalue weighted by atomic mass is 16.5. The van der Waals surface area contributed by atoms with E-state index in [1.807, 2.05) is 13.1 Å². The number of methoxy groups -OCH3 is 2. The van der Waals surface area contributed by atoms with Crippen LogP contribution in [-0.4, -0.2) is 21.3 Å². The van der Waals surface area contributed by atoms with Crippen LogP contribution in [0, 0.1) is 0 Å². The topological polar surface area (TPSA) is 30.5 Å². The number of unbranched alkanes of at least 4 members (excludes halogenated alkanes) is 5. The van der Waals surface area contributed by atoms with E-state index in [1.54, 1.807) is 14.2 Å². The van der Waals surface area contributed by atoms with Crippen LogP contribution in [0.1, 0.15) is 63.5 Å². The van der Waals surface area contributed by atoms with Gasteiger partial charge in [0.05, 0.1) is 14.2 Å². The molecule has 3 heteroatoms. The van der Waals surface area contributed by atoms with Crippen molar-refractivity contribution in [2.75, 3.05) is 21.3 Å². The number of rotatable bonds is 11. The minimum atomic E-state index is 0.361. The molecule has 1 N–H and O–H groups in total. The van der Waals surface area contributed by atoms with Gasteiger partial charge in [-0.25, -0.2) is 0 Å². The Morgan fingerprint density at radius 1 is 0.905 bits per heavy atom. The van der Waals surface area contributed by atoms with Crippen LogP contribution in [0.5, 0.6) is 11.5 Å².